The molecule has 0 atom stereocenters. The van der Waals surface area contributed by atoms with Gasteiger partial charge in [0.1, 0.15) is 27.7 Å². The predicted molar refractivity (Wildman–Crippen MR) is 257 cm³/mol. The highest BCUT2D eigenvalue weighted by molar-refractivity contribution is 7.86. The van der Waals surface area contributed by atoms with Crippen LogP contribution < -0.4 is 4.74 Å². The van der Waals surface area contributed by atoms with Gasteiger partial charge in [0.15, 0.2) is 11.4 Å². The molecule has 398 valence electrons. The van der Waals surface area contributed by atoms with Gasteiger partial charge in [0.2, 0.25) is 11.0 Å². The molecule has 30 nitrogen and oxygen atoms in total. The van der Waals surface area contributed by atoms with Gasteiger partial charge in [0, 0.05) is 16.8 Å². The fourth-order valence-corrected chi connectivity index (χ4v) is 8.56. The van der Waals surface area contributed by atoms with E-state index in [1.165, 1.54) is 53.8 Å². The Hall–Kier alpha value is -8.03. The van der Waals surface area contributed by atoms with E-state index in [1.807, 2.05) is 0 Å². The van der Waals surface area contributed by atoms with Crippen molar-refractivity contribution in [3.05, 3.63) is 96.2 Å². The summed E-state index contributed by atoms with van der Waals surface area (Å²) in [7, 11) is -20.0. The number of benzene rings is 5. The standard InChI is InChI=1S/C37H31N9O13S4.CO2.CH4.2O3S/c1-20-15-30(32(59-13-2-14-61(50,51)52)17-29(20)42-45-37-39-26-10-3-21(19-47)16-33(26)60-37)43-40-27-11-9-25-24(34(27)48)8-12-28(35(25)63(56,57)58)41-44-31-18-38-46(36(31)49)22-4-6-23(7-5-22)62(53,54)55;2-1-3;;2*1-4(2)3/h3-12,15-18,47-49H,2,13-14,19H2,1H3,(H,50,51,52)(H,53,54,55)(H,56,57,58);;1H4;;. The van der Waals surface area contributed by atoms with Crippen molar-refractivity contribution in [1.82, 2.24) is 14.8 Å². The summed E-state index contributed by atoms with van der Waals surface area (Å²) in [6.45, 7) is 1.38. The molecule has 0 bridgehead atoms. The van der Waals surface area contributed by atoms with Crippen LogP contribution in [-0.4, -0.2) is 113 Å². The minimum absolute atomic E-state index is 0. The van der Waals surface area contributed by atoms with Crippen LogP contribution in [0.3, 0.4) is 0 Å². The van der Waals surface area contributed by atoms with Gasteiger partial charge in [0.25, 0.3) is 30.4 Å². The highest BCUT2D eigenvalue weighted by Crippen LogP contribution is 2.43. The van der Waals surface area contributed by atoms with Gasteiger partial charge in [-0.05, 0) is 85.1 Å². The Morgan fingerprint density at radius 2 is 1.25 bits per heavy atom. The Balaban J connectivity index is 0.00000113. The van der Waals surface area contributed by atoms with Gasteiger partial charge in [-0.3, -0.25) is 13.7 Å². The summed E-state index contributed by atoms with van der Waals surface area (Å²) in [6.07, 6.45) is 1.23. The molecule has 2 aromatic heterocycles. The van der Waals surface area contributed by atoms with Gasteiger partial charge in [0.05, 0.1) is 51.7 Å². The Bertz CT molecular complexity index is 3920. The summed E-state index contributed by atoms with van der Waals surface area (Å²) in [5.74, 6) is -1.64. The lowest BCUT2D eigenvalue weighted by atomic mass is 10.1. The summed E-state index contributed by atoms with van der Waals surface area (Å²) < 4.78 is 158. The van der Waals surface area contributed by atoms with E-state index in [1.54, 1.807) is 25.1 Å². The molecule has 7 rings (SSSR count). The normalized spacial score (nSPS) is 11.5. The molecule has 5 aromatic carbocycles. The molecule has 0 fully saturated rings. The molecule has 0 amide bonds. The van der Waals surface area contributed by atoms with Crippen molar-refractivity contribution < 1.29 is 93.8 Å². The van der Waals surface area contributed by atoms with Crippen LogP contribution in [0.2, 0.25) is 0 Å². The second-order valence-corrected chi connectivity index (χ2v) is 20.0. The van der Waals surface area contributed by atoms with Crippen molar-refractivity contribution in [1.29, 1.82) is 0 Å². The zero-order valence-electron chi connectivity index (χ0n) is 36.7. The number of nitrogens with zero attached hydrogens (tertiary/aromatic N) is 9. The second kappa shape index (κ2) is 26.8. The second-order valence-electron chi connectivity index (χ2n) is 13.8. The predicted octanol–water partition coefficient (Wildman–Crippen LogP) is 6.29. The number of rotatable bonds is 15. The Morgan fingerprint density at radius 3 is 1.84 bits per heavy atom. The van der Waals surface area contributed by atoms with E-state index in [2.05, 4.69) is 40.8 Å². The first kappa shape index (κ1) is 61.3. The molecule has 0 aliphatic carbocycles. The molecule has 2 heterocycles. The summed E-state index contributed by atoms with van der Waals surface area (Å²) in [5, 5.41) is 60.2. The maximum Gasteiger partial charge on any atom is 0.425 e. The van der Waals surface area contributed by atoms with Crippen molar-refractivity contribution in [2.24, 2.45) is 30.7 Å². The number of fused-ring (bicyclic) bond motifs is 2. The van der Waals surface area contributed by atoms with E-state index in [0.717, 1.165) is 33.8 Å². The molecular weight excluding hydrogens is 1120 g/mol. The van der Waals surface area contributed by atoms with E-state index in [9.17, 15) is 49.7 Å². The fourth-order valence-electron chi connectivity index (χ4n) is 5.92. The number of ether oxygens (including phenoxy) is 1. The zero-order valence-corrected chi connectivity index (χ0v) is 41.6. The molecule has 0 unspecified atom stereocenters. The van der Waals surface area contributed by atoms with Crippen molar-refractivity contribution in [3.63, 3.8) is 0 Å². The van der Waals surface area contributed by atoms with Crippen LogP contribution in [0.5, 0.6) is 17.4 Å². The first-order valence-electron chi connectivity index (χ1n) is 19.3. The van der Waals surface area contributed by atoms with Crippen LogP contribution >= 0.6 is 11.3 Å². The zero-order chi connectivity index (χ0) is 55.1. The lowest BCUT2D eigenvalue weighted by Gasteiger charge is -2.11. The van der Waals surface area contributed by atoms with Crippen molar-refractivity contribution in [2.75, 3.05) is 12.4 Å². The number of azo groups is 3. The van der Waals surface area contributed by atoms with Gasteiger partial charge in [-0.2, -0.15) is 44.6 Å². The number of hydrogen-bond acceptors (Lipinski definition) is 27. The Labute approximate surface area is 429 Å². The molecule has 0 aliphatic heterocycles. The van der Waals surface area contributed by atoms with E-state index in [-0.39, 0.29) is 72.5 Å². The first-order valence-corrected chi connectivity index (χ1v) is 26.6. The lowest BCUT2D eigenvalue weighted by Crippen LogP contribution is -2.08. The maximum atomic E-state index is 12.7. The molecular formula is C39H35N9O21S6. The smallest absolute Gasteiger partial charge is 0.425 e. The molecule has 36 heteroatoms. The minimum atomic E-state index is -5.05. The lowest BCUT2D eigenvalue weighted by molar-refractivity contribution is -0.191. The van der Waals surface area contributed by atoms with Crippen molar-refractivity contribution in [3.8, 4) is 23.1 Å². The van der Waals surface area contributed by atoms with E-state index in [0.29, 0.717) is 27.5 Å². The van der Waals surface area contributed by atoms with Gasteiger partial charge >= 0.3 is 27.4 Å². The largest absolute Gasteiger partial charge is 0.505 e. The third-order valence-corrected chi connectivity index (χ3v) is 12.4. The number of aryl methyl sites for hydroxylation is 1. The van der Waals surface area contributed by atoms with Gasteiger partial charge in [-0.1, -0.05) is 30.9 Å². The number of aliphatic hydroxyl groups is 1. The maximum absolute atomic E-state index is 12.7. The summed E-state index contributed by atoms with van der Waals surface area (Å²) in [5.41, 5.74) is 1.70. The summed E-state index contributed by atoms with van der Waals surface area (Å²) in [4.78, 5) is 19.5. The van der Waals surface area contributed by atoms with E-state index < -0.39 is 84.4 Å². The van der Waals surface area contributed by atoms with Crippen LogP contribution in [0.1, 0.15) is 25.0 Å². The van der Waals surface area contributed by atoms with Crippen LogP contribution in [0.15, 0.2) is 126 Å². The molecule has 75 heavy (non-hydrogen) atoms. The molecule has 7 aromatic rings. The monoisotopic (exact) mass is 1160 g/mol. The van der Waals surface area contributed by atoms with Gasteiger partial charge < -0.3 is 20.1 Å². The number of aliphatic hydroxyl groups excluding tert-OH is 1. The van der Waals surface area contributed by atoms with Crippen LogP contribution in [0.4, 0.5) is 33.6 Å². The third kappa shape index (κ3) is 17.9. The minimum Gasteiger partial charge on any atom is -0.505 e. The average Bonchev–Trinajstić information content (AvgIpc) is 3.90. The van der Waals surface area contributed by atoms with Crippen molar-refractivity contribution >= 4 is 124 Å². The molecule has 0 radical (unpaired) electrons. The number of carbonyl (C=O) groups excluding carboxylic acids is 2. The van der Waals surface area contributed by atoms with Crippen molar-refractivity contribution in [2.45, 2.75) is 37.2 Å². The highest BCUT2D eigenvalue weighted by Gasteiger charge is 2.23. The molecule has 6 N–H and O–H groups in total. The highest BCUT2D eigenvalue weighted by atomic mass is 32.2. The van der Waals surface area contributed by atoms with Gasteiger partial charge in [-0.15, -0.1) is 55.9 Å². The fraction of sp³-hybridized carbons (Fsp3) is 0.154. The van der Waals surface area contributed by atoms with E-state index in [4.69, 9.17) is 44.1 Å². The van der Waals surface area contributed by atoms with E-state index >= 15 is 0 Å². The van der Waals surface area contributed by atoms with Crippen LogP contribution in [0, 0.1) is 6.92 Å². The third-order valence-electron chi connectivity index (χ3n) is 8.92. The number of phenols is 1. The number of thiazole rings is 1. The number of phenolic OH excluding ortho intramolecular Hbond substituents is 1. The first-order chi connectivity index (χ1) is 34.7. The Morgan fingerprint density at radius 1 is 0.693 bits per heavy atom. The topological polar surface area (TPSA) is 474 Å². The van der Waals surface area contributed by atoms with Crippen LogP contribution in [-0.2, 0) is 67.8 Å². The van der Waals surface area contributed by atoms with Crippen LogP contribution in [0.25, 0.3) is 26.7 Å². The average molecular weight is 1160 g/mol. The number of aromatic hydroxyl groups is 2. The van der Waals surface area contributed by atoms with Gasteiger partial charge in [-0.25, -0.2) is 4.98 Å². The molecule has 0 aliphatic rings. The quantitative estimate of drug-likeness (QED) is 0.0373. The number of aromatic nitrogens is 3. The number of hydrogen-bond donors (Lipinski definition) is 6. The molecule has 0 spiro atoms. The molecule has 0 saturated heterocycles. The SMILES string of the molecule is C.Cc1cc(N=Nc2ccc3c(S(=O)(=O)O)c(N=Nc4cnn(-c5ccc(S(=O)(=O)O)cc5)c4O)ccc3c2O)c(OCCCS(=O)(=O)O)cc1N=Nc1nc2ccc(CO)cc2s1.O=C=O.O=S(=O)=O.O=S(=O)=O. The summed E-state index contributed by atoms with van der Waals surface area (Å²) in [6, 6.07) is 17.8. The Kier molecular flexibility index (Phi) is 21.9. The molecule has 0 saturated carbocycles. The summed E-state index contributed by atoms with van der Waals surface area (Å²) >= 11 is 1.25.